The monoisotopic (exact) mass is 259 g/mol. The van der Waals surface area contributed by atoms with Crippen molar-refractivity contribution in [3.05, 3.63) is 23.8 Å². The average Bonchev–Trinajstić information content (AvgIpc) is 2.84. The van der Waals surface area contributed by atoms with Gasteiger partial charge in [-0.3, -0.25) is 0 Å². The number of hydrogen-bond acceptors (Lipinski definition) is 3. The largest absolute Gasteiger partial charge is 0.385 e. The Hall–Kier alpha value is -1.22. The van der Waals surface area contributed by atoms with Gasteiger partial charge in [0.05, 0.1) is 0 Å². The van der Waals surface area contributed by atoms with Crippen molar-refractivity contribution in [2.24, 2.45) is 0 Å². The summed E-state index contributed by atoms with van der Waals surface area (Å²) in [6.45, 7) is 3.52. The van der Waals surface area contributed by atoms with E-state index in [2.05, 4.69) is 47.4 Å². The van der Waals surface area contributed by atoms with Crippen molar-refractivity contribution in [3.8, 4) is 0 Å². The summed E-state index contributed by atoms with van der Waals surface area (Å²) in [6.07, 6.45) is 5.16. The molecule has 2 aliphatic heterocycles. The third-order valence-electron chi connectivity index (χ3n) is 4.62. The number of aryl methyl sites for hydroxylation is 1. The second kappa shape index (κ2) is 5.41. The molecule has 0 aliphatic carbocycles. The number of nitrogens with one attached hydrogen (secondary N) is 1. The van der Waals surface area contributed by atoms with Crippen molar-refractivity contribution < 1.29 is 0 Å². The van der Waals surface area contributed by atoms with Gasteiger partial charge in [0, 0.05) is 37.6 Å². The quantitative estimate of drug-likeness (QED) is 0.900. The lowest BCUT2D eigenvalue weighted by Gasteiger charge is -2.28. The Balaban J connectivity index is 1.70. The van der Waals surface area contributed by atoms with E-state index in [0.717, 1.165) is 19.1 Å². The Morgan fingerprint density at radius 1 is 1.37 bits per heavy atom. The number of likely N-dealkylation sites (N-methyl/N-ethyl adjacent to an activating group) is 2. The van der Waals surface area contributed by atoms with E-state index in [1.54, 1.807) is 0 Å². The second-order valence-electron chi connectivity index (χ2n) is 6.03. The van der Waals surface area contributed by atoms with Crippen LogP contribution in [-0.2, 0) is 6.42 Å². The molecule has 1 aromatic rings. The molecule has 2 aliphatic rings. The fraction of sp³-hybridized carbons (Fsp3) is 0.625. The van der Waals surface area contributed by atoms with Gasteiger partial charge < -0.3 is 15.1 Å². The van der Waals surface area contributed by atoms with Crippen LogP contribution in [-0.4, -0.2) is 44.7 Å². The standard InChI is InChI=1S/C16H25N3/c1-18-10-4-6-15(18)12-19(2)14-7-8-16-13(11-14)5-3-9-17-16/h7-8,11,15,17H,3-6,9-10,12H2,1-2H3. The Morgan fingerprint density at radius 2 is 2.26 bits per heavy atom. The Morgan fingerprint density at radius 3 is 3.05 bits per heavy atom. The van der Waals surface area contributed by atoms with Gasteiger partial charge >= 0.3 is 0 Å². The number of likely N-dealkylation sites (tertiary alicyclic amines) is 1. The molecule has 1 saturated heterocycles. The molecule has 3 heteroatoms. The van der Waals surface area contributed by atoms with E-state index < -0.39 is 0 Å². The highest BCUT2D eigenvalue weighted by molar-refractivity contribution is 5.61. The van der Waals surface area contributed by atoms with Crippen LogP contribution in [0, 0.1) is 0 Å². The van der Waals surface area contributed by atoms with Crippen LogP contribution in [0.15, 0.2) is 18.2 Å². The molecule has 2 heterocycles. The van der Waals surface area contributed by atoms with Gasteiger partial charge in [-0.05, 0) is 63.0 Å². The summed E-state index contributed by atoms with van der Waals surface area (Å²) in [6, 6.07) is 7.60. The van der Waals surface area contributed by atoms with Crippen LogP contribution in [0.1, 0.15) is 24.8 Å². The predicted molar refractivity (Wildman–Crippen MR) is 82.2 cm³/mol. The van der Waals surface area contributed by atoms with Crippen molar-refractivity contribution in [3.63, 3.8) is 0 Å². The van der Waals surface area contributed by atoms with Crippen molar-refractivity contribution in [1.29, 1.82) is 0 Å². The topological polar surface area (TPSA) is 18.5 Å². The summed E-state index contributed by atoms with van der Waals surface area (Å²) < 4.78 is 0. The van der Waals surface area contributed by atoms with Gasteiger partial charge in [-0.15, -0.1) is 0 Å². The molecule has 3 nitrogen and oxygen atoms in total. The zero-order valence-corrected chi connectivity index (χ0v) is 12.2. The van der Waals surface area contributed by atoms with Crippen LogP contribution < -0.4 is 10.2 Å². The third kappa shape index (κ3) is 2.71. The molecular formula is C16H25N3. The maximum atomic E-state index is 3.48. The van der Waals surface area contributed by atoms with Crippen LogP contribution in [0.3, 0.4) is 0 Å². The molecule has 1 fully saturated rings. The highest BCUT2D eigenvalue weighted by Crippen LogP contribution is 2.27. The Labute approximate surface area is 116 Å². The molecule has 19 heavy (non-hydrogen) atoms. The molecule has 0 bridgehead atoms. The summed E-state index contributed by atoms with van der Waals surface area (Å²) in [5.74, 6) is 0. The first-order chi connectivity index (χ1) is 9.24. The zero-order valence-electron chi connectivity index (χ0n) is 12.2. The lowest BCUT2D eigenvalue weighted by atomic mass is 10.0. The maximum Gasteiger partial charge on any atom is 0.0374 e. The molecule has 0 aromatic heterocycles. The van der Waals surface area contributed by atoms with Crippen molar-refractivity contribution in [2.75, 3.05) is 43.9 Å². The zero-order chi connectivity index (χ0) is 13.2. The van der Waals surface area contributed by atoms with Gasteiger partial charge in [0.25, 0.3) is 0 Å². The summed E-state index contributed by atoms with van der Waals surface area (Å²) >= 11 is 0. The number of rotatable bonds is 3. The average molecular weight is 259 g/mol. The van der Waals surface area contributed by atoms with Crippen LogP contribution in [0.2, 0.25) is 0 Å². The highest BCUT2D eigenvalue weighted by Gasteiger charge is 2.22. The predicted octanol–water partition coefficient (Wildman–Crippen LogP) is 2.58. The molecular weight excluding hydrogens is 234 g/mol. The smallest absolute Gasteiger partial charge is 0.0374 e. The highest BCUT2D eigenvalue weighted by atomic mass is 15.2. The Kier molecular flexibility index (Phi) is 3.65. The van der Waals surface area contributed by atoms with Crippen LogP contribution in [0.5, 0.6) is 0 Å². The molecule has 0 spiro atoms. The molecule has 1 atom stereocenters. The fourth-order valence-electron chi connectivity index (χ4n) is 3.33. The van der Waals surface area contributed by atoms with E-state index in [1.165, 1.54) is 49.2 Å². The summed E-state index contributed by atoms with van der Waals surface area (Å²) in [5.41, 5.74) is 4.18. The lowest BCUT2D eigenvalue weighted by Crippen LogP contribution is -2.36. The van der Waals surface area contributed by atoms with Gasteiger partial charge in [-0.1, -0.05) is 0 Å². The lowest BCUT2D eigenvalue weighted by molar-refractivity contribution is 0.314. The summed E-state index contributed by atoms with van der Waals surface area (Å²) in [7, 11) is 4.48. The van der Waals surface area contributed by atoms with Gasteiger partial charge in [0.1, 0.15) is 0 Å². The molecule has 0 saturated carbocycles. The van der Waals surface area contributed by atoms with Gasteiger partial charge in [0.15, 0.2) is 0 Å². The molecule has 1 aromatic carbocycles. The maximum absolute atomic E-state index is 3.48. The molecule has 1 unspecified atom stereocenters. The van der Waals surface area contributed by atoms with Crippen LogP contribution in [0.25, 0.3) is 0 Å². The first kappa shape index (κ1) is 12.8. The van der Waals surface area contributed by atoms with Crippen molar-refractivity contribution in [2.45, 2.75) is 31.7 Å². The minimum absolute atomic E-state index is 0.721. The normalized spacial score (nSPS) is 22.9. The van der Waals surface area contributed by atoms with E-state index >= 15 is 0 Å². The van der Waals surface area contributed by atoms with E-state index in [0.29, 0.717) is 0 Å². The molecule has 1 N–H and O–H groups in total. The molecule has 0 amide bonds. The summed E-state index contributed by atoms with van der Waals surface area (Å²) in [4.78, 5) is 4.91. The molecule has 0 radical (unpaired) electrons. The third-order valence-corrected chi connectivity index (χ3v) is 4.62. The fourth-order valence-corrected chi connectivity index (χ4v) is 3.33. The summed E-state index contributed by atoms with van der Waals surface area (Å²) in [5, 5.41) is 3.48. The van der Waals surface area contributed by atoms with Crippen molar-refractivity contribution >= 4 is 11.4 Å². The number of benzene rings is 1. The van der Waals surface area contributed by atoms with Crippen molar-refractivity contribution in [1.82, 2.24) is 4.90 Å². The minimum atomic E-state index is 0.721. The van der Waals surface area contributed by atoms with Crippen LogP contribution in [0.4, 0.5) is 11.4 Å². The number of hydrogen-bond donors (Lipinski definition) is 1. The first-order valence-electron chi connectivity index (χ1n) is 7.52. The van der Waals surface area contributed by atoms with E-state index in [4.69, 9.17) is 0 Å². The molecule has 3 rings (SSSR count). The number of nitrogens with zero attached hydrogens (tertiary/aromatic N) is 2. The Bertz CT molecular complexity index is 444. The van der Waals surface area contributed by atoms with E-state index in [-0.39, 0.29) is 0 Å². The SMILES string of the molecule is CN(CC1CCCN1C)c1ccc2c(c1)CCCN2. The first-order valence-corrected chi connectivity index (χ1v) is 7.52. The minimum Gasteiger partial charge on any atom is -0.385 e. The molecule has 104 valence electrons. The van der Waals surface area contributed by atoms with E-state index in [1.807, 2.05) is 0 Å². The number of anilines is 2. The van der Waals surface area contributed by atoms with Gasteiger partial charge in [-0.25, -0.2) is 0 Å². The van der Waals surface area contributed by atoms with Gasteiger partial charge in [-0.2, -0.15) is 0 Å². The van der Waals surface area contributed by atoms with Crippen LogP contribution >= 0.6 is 0 Å². The number of fused-ring (bicyclic) bond motifs is 1. The second-order valence-corrected chi connectivity index (χ2v) is 6.03. The van der Waals surface area contributed by atoms with E-state index in [9.17, 15) is 0 Å². The van der Waals surface area contributed by atoms with Gasteiger partial charge in [0.2, 0.25) is 0 Å².